The predicted molar refractivity (Wildman–Crippen MR) is 57.7 cm³/mol. The van der Waals surface area contributed by atoms with Gasteiger partial charge in [-0.25, -0.2) is 4.79 Å². The lowest BCUT2D eigenvalue weighted by atomic mass is 9.96. The maximum Gasteiger partial charge on any atom is 0.336 e. The van der Waals surface area contributed by atoms with Crippen LogP contribution < -0.4 is 5.73 Å². The summed E-state index contributed by atoms with van der Waals surface area (Å²) < 4.78 is 4.53. The highest BCUT2D eigenvalue weighted by atomic mass is 16.5. The molecule has 6 N–H and O–H groups in total. The van der Waals surface area contributed by atoms with Gasteiger partial charge < -0.3 is 30.9 Å². The maximum atomic E-state index is 10.3. The Bertz CT molecular complexity index is 285. The smallest absolute Gasteiger partial charge is 0.336 e. The van der Waals surface area contributed by atoms with Gasteiger partial charge in [0.1, 0.15) is 6.23 Å². The Labute approximate surface area is 103 Å². The third-order valence-electron chi connectivity index (χ3n) is 1.66. The van der Waals surface area contributed by atoms with E-state index in [1.54, 1.807) is 14.0 Å². The zero-order chi connectivity index (χ0) is 14.9. The molecule has 0 amide bonds. The van der Waals surface area contributed by atoms with Crippen molar-refractivity contribution >= 4 is 17.9 Å². The van der Waals surface area contributed by atoms with Gasteiger partial charge in [-0.15, -0.1) is 0 Å². The van der Waals surface area contributed by atoms with Crippen LogP contribution in [-0.4, -0.2) is 57.3 Å². The number of methoxy groups -OCH3 is 1. The average molecular weight is 267 g/mol. The molecule has 1 unspecified atom stereocenters. The summed E-state index contributed by atoms with van der Waals surface area (Å²) >= 11 is 0. The molecule has 0 bridgehead atoms. The van der Waals surface area contributed by atoms with Crippen LogP contribution >= 0.6 is 0 Å². The first-order valence-electron chi connectivity index (χ1n) is 4.73. The Morgan fingerprint density at radius 2 is 1.44 bits per heavy atom. The summed E-state index contributed by atoms with van der Waals surface area (Å²) in [6.45, 7) is 1.78. The van der Waals surface area contributed by atoms with Crippen molar-refractivity contribution in [2.75, 3.05) is 7.11 Å². The lowest BCUT2D eigenvalue weighted by Crippen LogP contribution is -2.42. The molecule has 1 atom stereocenters. The van der Waals surface area contributed by atoms with E-state index < -0.39 is 36.4 Å². The van der Waals surface area contributed by atoms with Gasteiger partial charge in [0.2, 0.25) is 0 Å². The van der Waals surface area contributed by atoms with Crippen LogP contribution in [0.3, 0.4) is 0 Å². The molecule has 0 rings (SSSR count). The van der Waals surface area contributed by atoms with E-state index in [2.05, 4.69) is 4.74 Å². The first-order valence-corrected chi connectivity index (χ1v) is 4.73. The number of hydrogen-bond donors (Lipinski definition) is 5. The Balaban J connectivity index is 0. The quantitative estimate of drug-likeness (QED) is 0.367. The number of carboxylic acids is 3. The lowest BCUT2D eigenvalue weighted by Gasteiger charge is -2.18. The van der Waals surface area contributed by atoms with Crippen LogP contribution in [-0.2, 0) is 19.1 Å². The minimum Gasteiger partial charge on any atom is -0.481 e. The molecule has 18 heavy (non-hydrogen) atoms. The summed E-state index contributed by atoms with van der Waals surface area (Å²) in [5, 5.41) is 33.8. The number of aliphatic carboxylic acids is 3. The highest BCUT2D eigenvalue weighted by Gasteiger charge is 2.40. The van der Waals surface area contributed by atoms with E-state index in [0.717, 1.165) is 0 Å². The third kappa shape index (κ3) is 9.51. The topological polar surface area (TPSA) is 167 Å². The van der Waals surface area contributed by atoms with Crippen molar-refractivity contribution in [3.05, 3.63) is 0 Å². The Hall–Kier alpha value is -1.71. The van der Waals surface area contributed by atoms with Crippen LogP contribution in [0.25, 0.3) is 0 Å². The summed E-state index contributed by atoms with van der Waals surface area (Å²) in [4.78, 5) is 30.5. The van der Waals surface area contributed by atoms with Crippen molar-refractivity contribution < 1.29 is 39.5 Å². The number of carboxylic acid groups (broad SMARTS) is 3. The fraction of sp³-hybridized carbons (Fsp3) is 0.667. The molecule has 9 nitrogen and oxygen atoms in total. The molecule has 0 aliphatic heterocycles. The number of nitrogens with two attached hydrogens (primary N) is 1. The molecule has 0 radical (unpaired) electrons. The van der Waals surface area contributed by atoms with Crippen molar-refractivity contribution in [1.29, 1.82) is 0 Å². The fourth-order valence-corrected chi connectivity index (χ4v) is 0.714. The van der Waals surface area contributed by atoms with Gasteiger partial charge in [0.15, 0.2) is 5.60 Å². The third-order valence-corrected chi connectivity index (χ3v) is 1.66. The predicted octanol–water partition coefficient (Wildman–Crippen LogP) is -1.31. The molecule has 0 aromatic carbocycles. The minimum atomic E-state index is -2.74. The molecular formula is C9H17NO8. The molecule has 0 aliphatic carbocycles. The molecular weight excluding hydrogens is 250 g/mol. The summed E-state index contributed by atoms with van der Waals surface area (Å²) in [7, 11) is 1.57. The van der Waals surface area contributed by atoms with Crippen LogP contribution in [0.4, 0.5) is 0 Å². The van der Waals surface area contributed by atoms with Gasteiger partial charge in [0.05, 0.1) is 12.8 Å². The molecule has 0 spiro atoms. The van der Waals surface area contributed by atoms with Crippen LogP contribution in [0.5, 0.6) is 0 Å². The number of hydrogen-bond acceptors (Lipinski definition) is 6. The van der Waals surface area contributed by atoms with E-state index in [0.29, 0.717) is 0 Å². The van der Waals surface area contributed by atoms with E-state index in [-0.39, 0.29) is 6.23 Å². The zero-order valence-electron chi connectivity index (χ0n) is 9.99. The molecule has 9 heteroatoms. The number of ether oxygens (including phenoxy) is 1. The summed E-state index contributed by atoms with van der Waals surface area (Å²) in [6.07, 6.45) is -2.40. The van der Waals surface area contributed by atoms with Crippen molar-refractivity contribution in [2.24, 2.45) is 5.73 Å². The second-order valence-electron chi connectivity index (χ2n) is 3.42. The van der Waals surface area contributed by atoms with E-state index >= 15 is 0 Å². The van der Waals surface area contributed by atoms with Gasteiger partial charge >= 0.3 is 17.9 Å². The first kappa shape index (κ1) is 18.6. The fourth-order valence-electron chi connectivity index (χ4n) is 0.714. The Kier molecular flexibility index (Phi) is 8.69. The van der Waals surface area contributed by atoms with Crippen molar-refractivity contribution in [3.63, 3.8) is 0 Å². The molecule has 0 aromatic rings. The lowest BCUT2D eigenvalue weighted by molar-refractivity contribution is -0.170. The Morgan fingerprint density at radius 3 is 1.56 bits per heavy atom. The van der Waals surface area contributed by atoms with Crippen LogP contribution in [0.1, 0.15) is 19.8 Å². The van der Waals surface area contributed by atoms with E-state index in [1.807, 2.05) is 0 Å². The number of rotatable bonds is 6. The Morgan fingerprint density at radius 1 is 1.17 bits per heavy atom. The summed E-state index contributed by atoms with van der Waals surface area (Å²) in [5.41, 5.74) is 2.33. The average Bonchev–Trinajstić information content (AvgIpc) is 2.15. The second-order valence-corrected chi connectivity index (χ2v) is 3.42. The molecule has 0 fully saturated rings. The van der Waals surface area contributed by atoms with Crippen molar-refractivity contribution in [2.45, 2.75) is 31.6 Å². The SMILES string of the molecule is COC(C)N.O=C(O)CC(O)(CC(=O)O)C(=O)O. The second kappa shape index (κ2) is 8.39. The van der Waals surface area contributed by atoms with Crippen LogP contribution in [0.15, 0.2) is 0 Å². The summed E-state index contributed by atoms with van der Waals surface area (Å²) in [5.74, 6) is -5.02. The first-order chi connectivity index (χ1) is 8.05. The highest BCUT2D eigenvalue weighted by Crippen LogP contribution is 2.15. The monoisotopic (exact) mass is 267 g/mol. The standard InChI is InChI=1S/C6H8O7.C3H9NO/c7-3(8)1-6(13,5(11)12)2-4(9)10;1-3(4)5-2/h13H,1-2H2,(H,7,8)(H,9,10)(H,11,12);3H,4H2,1-2H3. The minimum absolute atomic E-state index is 0.116. The zero-order valence-corrected chi connectivity index (χ0v) is 9.99. The van der Waals surface area contributed by atoms with E-state index in [9.17, 15) is 14.4 Å². The molecule has 106 valence electrons. The van der Waals surface area contributed by atoms with Gasteiger partial charge in [-0.1, -0.05) is 0 Å². The van der Waals surface area contributed by atoms with Gasteiger partial charge in [-0.3, -0.25) is 9.59 Å². The van der Waals surface area contributed by atoms with Gasteiger partial charge in [0, 0.05) is 7.11 Å². The molecule has 0 saturated carbocycles. The van der Waals surface area contributed by atoms with E-state index in [1.165, 1.54) is 0 Å². The normalized spacial score (nSPS) is 12.0. The van der Waals surface area contributed by atoms with E-state index in [4.69, 9.17) is 26.2 Å². The van der Waals surface area contributed by atoms with Gasteiger partial charge in [0.25, 0.3) is 0 Å². The maximum absolute atomic E-state index is 10.3. The van der Waals surface area contributed by atoms with Crippen molar-refractivity contribution in [1.82, 2.24) is 0 Å². The van der Waals surface area contributed by atoms with Gasteiger partial charge in [-0.2, -0.15) is 0 Å². The largest absolute Gasteiger partial charge is 0.481 e. The molecule has 0 heterocycles. The van der Waals surface area contributed by atoms with Crippen molar-refractivity contribution in [3.8, 4) is 0 Å². The number of carbonyl (C=O) groups is 3. The number of aliphatic hydroxyl groups is 1. The van der Waals surface area contributed by atoms with Crippen LogP contribution in [0, 0.1) is 0 Å². The highest BCUT2D eigenvalue weighted by molar-refractivity contribution is 5.88. The molecule has 0 aromatic heterocycles. The summed E-state index contributed by atoms with van der Waals surface area (Å²) in [6, 6.07) is 0. The molecule has 0 aliphatic rings. The molecule has 0 saturated heterocycles. The van der Waals surface area contributed by atoms with Crippen LogP contribution in [0.2, 0.25) is 0 Å². The van der Waals surface area contributed by atoms with Gasteiger partial charge in [-0.05, 0) is 6.92 Å².